The lowest BCUT2D eigenvalue weighted by Crippen LogP contribution is -2.03. The molecule has 82 valence electrons. The molecule has 0 spiro atoms. The molecule has 0 radical (unpaired) electrons. The first-order valence-electron chi connectivity index (χ1n) is 5.25. The SMILES string of the molecule is Brc1ccc2cc(OC[C@@H]3CO3)ccc2c1. The van der Waals surface area contributed by atoms with Crippen molar-refractivity contribution in [1.29, 1.82) is 0 Å². The lowest BCUT2D eigenvalue weighted by molar-refractivity contribution is 0.263. The van der Waals surface area contributed by atoms with Crippen LogP contribution in [0, 0.1) is 0 Å². The summed E-state index contributed by atoms with van der Waals surface area (Å²) < 4.78 is 11.8. The van der Waals surface area contributed by atoms with Crippen LogP contribution in [0.15, 0.2) is 40.9 Å². The second-order valence-corrected chi connectivity index (χ2v) is 4.84. The molecule has 3 rings (SSSR count). The normalized spacial score (nSPS) is 18.7. The zero-order valence-corrected chi connectivity index (χ0v) is 10.2. The van der Waals surface area contributed by atoms with Crippen molar-refractivity contribution < 1.29 is 9.47 Å². The van der Waals surface area contributed by atoms with Crippen LogP contribution in [-0.2, 0) is 4.74 Å². The average Bonchev–Trinajstić information content (AvgIpc) is 3.10. The summed E-state index contributed by atoms with van der Waals surface area (Å²) in [4.78, 5) is 0. The third-order valence-corrected chi connectivity index (χ3v) is 3.11. The molecule has 1 atom stereocenters. The van der Waals surface area contributed by atoms with E-state index in [9.17, 15) is 0 Å². The molecule has 2 aromatic carbocycles. The number of epoxide rings is 1. The second-order valence-electron chi connectivity index (χ2n) is 3.92. The van der Waals surface area contributed by atoms with E-state index in [0.717, 1.165) is 16.8 Å². The van der Waals surface area contributed by atoms with E-state index in [0.29, 0.717) is 12.7 Å². The molecule has 1 aliphatic rings. The monoisotopic (exact) mass is 278 g/mol. The molecule has 2 aromatic rings. The molecule has 3 heteroatoms. The average molecular weight is 279 g/mol. The number of hydrogen-bond donors (Lipinski definition) is 0. The summed E-state index contributed by atoms with van der Waals surface area (Å²) in [5.41, 5.74) is 0. The summed E-state index contributed by atoms with van der Waals surface area (Å²) in [5.74, 6) is 0.908. The van der Waals surface area contributed by atoms with Crippen LogP contribution >= 0.6 is 15.9 Å². The van der Waals surface area contributed by atoms with Gasteiger partial charge in [-0.15, -0.1) is 0 Å². The Bertz CT molecular complexity index is 520. The maximum atomic E-state index is 5.63. The van der Waals surface area contributed by atoms with Crippen molar-refractivity contribution in [2.45, 2.75) is 6.10 Å². The van der Waals surface area contributed by atoms with Gasteiger partial charge in [-0.1, -0.05) is 28.1 Å². The Hall–Kier alpha value is -1.06. The van der Waals surface area contributed by atoms with Gasteiger partial charge in [0, 0.05) is 4.47 Å². The number of ether oxygens (including phenoxy) is 2. The highest BCUT2D eigenvalue weighted by Crippen LogP contribution is 2.24. The van der Waals surface area contributed by atoms with Crippen molar-refractivity contribution >= 4 is 26.7 Å². The zero-order chi connectivity index (χ0) is 11.0. The molecule has 0 aromatic heterocycles. The largest absolute Gasteiger partial charge is 0.491 e. The van der Waals surface area contributed by atoms with E-state index in [1.165, 1.54) is 10.8 Å². The molecule has 0 aliphatic carbocycles. The standard InChI is InChI=1S/C13H11BrO2/c14-11-3-1-10-6-12(4-2-9(10)5-11)15-7-13-8-16-13/h1-6,13H,7-8H2/t13-/m1/s1. The number of halogens is 1. The highest BCUT2D eigenvalue weighted by atomic mass is 79.9. The Morgan fingerprint density at radius 3 is 2.75 bits per heavy atom. The maximum Gasteiger partial charge on any atom is 0.120 e. The van der Waals surface area contributed by atoms with E-state index < -0.39 is 0 Å². The Labute approximate surface area is 102 Å². The van der Waals surface area contributed by atoms with Gasteiger partial charge in [0.1, 0.15) is 18.5 Å². The van der Waals surface area contributed by atoms with Crippen molar-refractivity contribution in [1.82, 2.24) is 0 Å². The van der Waals surface area contributed by atoms with E-state index in [1.54, 1.807) is 0 Å². The van der Waals surface area contributed by atoms with Gasteiger partial charge in [0.25, 0.3) is 0 Å². The number of fused-ring (bicyclic) bond motifs is 1. The minimum atomic E-state index is 0.306. The molecule has 1 saturated heterocycles. The highest BCUT2D eigenvalue weighted by molar-refractivity contribution is 9.10. The molecule has 1 aliphatic heterocycles. The highest BCUT2D eigenvalue weighted by Gasteiger charge is 2.22. The van der Waals surface area contributed by atoms with Crippen LogP contribution in [0.4, 0.5) is 0 Å². The lowest BCUT2D eigenvalue weighted by Gasteiger charge is -2.05. The topological polar surface area (TPSA) is 21.8 Å². The summed E-state index contributed by atoms with van der Waals surface area (Å²) >= 11 is 3.46. The summed E-state index contributed by atoms with van der Waals surface area (Å²) in [6.45, 7) is 1.49. The molecule has 0 unspecified atom stereocenters. The predicted molar refractivity (Wildman–Crippen MR) is 66.9 cm³/mol. The molecule has 0 bridgehead atoms. The summed E-state index contributed by atoms with van der Waals surface area (Å²) in [6.07, 6.45) is 0.306. The Kier molecular flexibility index (Phi) is 2.58. The van der Waals surface area contributed by atoms with Crippen LogP contribution in [0.5, 0.6) is 5.75 Å². The summed E-state index contributed by atoms with van der Waals surface area (Å²) in [6, 6.07) is 12.4. The van der Waals surface area contributed by atoms with Crippen LogP contribution in [0.3, 0.4) is 0 Å². The number of hydrogen-bond acceptors (Lipinski definition) is 2. The number of benzene rings is 2. The first kappa shape index (κ1) is 10.1. The molecule has 2 nitrogen and oxygen atoms in total. The Morgan fingerprint density at radius 1 is 1.19 bits per heavy atom. The molecule has 16 heavy (non-hydrogen) atoms. The van der Waals surface area contributed by atoms with Gasteiger partial charge in [-0.3, -0.25) is 0 Å². The quantitative estimate of drug-likeness (QED) is 0.803. The van der Waals surface area contributed by atoms with E-state index >= 15 is 0 Å². The lowest BCUT2D eigenvalue weighted by atomic mass is 10.1. The maximum absolute atomic E-state index is 5.63. The minimum Gasteiger partial charge on any atom is -0.491 e. The van der Waals surface area contributed by atoms with Crippen LogP contribution in [0.25, 0.3) is 10.8 Å². The van der Waals surface area contributed by atoms with E-state index in [-0.39, 0.29) is 0 Å². The molecule has 1 heterocycles. The van der Waals surface area contributed by atoms with Gasteiger partial charge in [0.2, 0.25) is 0 Å². The van der Waals surface area contributed by atoms with Gasteiger partial charge in [-0.2, -0.15) is 0 Å². The van der Waals surface area contributed by atoms with Gasteiger partial charge in [0.05, 0.1) is 6.61 Å². The van der Waals surface area contributed by atoms with E-state index in [4.69, 9.17) is 9.47 Å². The molecular weight excluding hydrogens is 268 g/mol. The fourth-order valence-electron chi connectivity index (χ4n) is 1.64. The molecule has 0 amide bonds. The number of rotatable bonds is 3. The third kappa shape index (κ3) is 2.20. The fraction of sp³-hybridized carbons (Fsp3) is 0.231. The zero-order valence-electron chi connectivity index (χ0n) is 8.65. The van der Waals surface area contributed by atoms with Crippen molar-refractivity contribution in [2.24, 2.45) is 0 Å². The predicted octanol–water partition coefficient (Wildman–Crippen LogP) is 3.38. The van der Waals surface area contributed by atoms with Gasteiger partial charge in [-0.05, 0) is 35.0 Å². The van der Waals surface area contributed by atoms with Crippen LogP contribution in [0.2, 0.25) is 0 Å². The molecule has 0 saturated carbocycles. The van der Waals surface area contributed by atoms with E-state index in [1.807, 2.05) is 12.1 Å². The van der Waals surface area contributed by atoms with E-state index in [2.05, 4.69) is 40.2 Å². The smallest absolute Gasteiger partial charge is 0.120 e. The minimum absolute atomic E-state index is 0.306. The van der Waals surface area contributed by atoms with Gasteiger partial charge in [-0.25, -0.2) is 0 Å². The van der Waals surface area contributed by atoms with Crippen molar-refractivity contribution in [2.75, 3.05) is 13.2 Å². The Balaban J connectivity index is 1.86. The van der Waals surface area contributed by atoms with Crippen molar-refractivity contribution in [3.05, 3.63) is 40.9 Å². The Morgan fingerprint density at radius 2 is 1.94 bits per heavy atom. The fourth-order valence-corrected chi connectivity index (χ4v) is 2.02. The van der Waals surface area contributed by atoms with Gasteiger partial charge in [0.15, 0.2) is 0 Å². The third-order valence-electron chi connectivity index (χ3n) is 2.61. The molecule has 1 fully saturated rings. The first-order valence-corrected chi connectivity index (χ1v) is 6.04. The first-order chi connectivity index (χ1) is 7.81. The van der Waals surface area contributed by atoms with Gasteiger partial charge >= 0.3 is 0 Å². The van der Waals surface area contributed by atoms with Crippen molar-refractivity contribution in [3.63, 3.8) is 0 Å². The van der Waals surface area contributed by atoms with Crippen LogP contribution < -0.4 is 4.74 Å². The second kappa shape index (κ2) is 4.07. The van der Waals surface area contributed by atoms with Crippen LogP contribution in [0.1, 0.15) is 0 Å². The van der Waals surface area contributed by atoms with Crippen molar-refractivity contribution in [3.8, 4) is 5.75 Å². The molecular formula is C13H11BrO2. The molecule has 0 N–H and O–H groups in total. The van der Waals surface area contributed by atoms with Gasteiger partial charge < -0.3 is 9.47 Å². The van der Waals surface area contributed by atoms with Crippen LogP contribution in [-0.4, -0.2) is 19.3 Å². The summed E-state index contributed by atoms with van der Waals surface area (Å²) in [5, 5.41) is 2.40. The summed E-state index contributed by atoms with van der Waals surface area (Å²) in [7, 11) is 0.